The number of carbonyl (C=O) groups is 1. The molecule has 1 aromatic carbocycles. The summed E-state index contributed by atoms with van der Waals surface area (Å²) < 4.78 is 5.32. The fourth-order valence-electron chi connectivity index (χ4n) is 1.98. The van der Waals surface area contributed by atoms with Crippen molar-refractivity contribution in [3.63, 3.8) is 0 Å². The fourth-order valence-corrected chi connectivity index (χ4v) is 1.98. The molecular formula is C17H25NO3. The van der Waals surface area contributed by atoms with Gasteiger partial charge in [0.2, 0.25) is 0 Å². The van der Waals surface area contributed by atoms with Gasteiger partial charge in [0, 0.05) is 5.69 Å². The van der Waals surface area contributed by atoms with Crippen LogP contribution in [0.4, 0.5) is 10.5 Å². The van der Waals surface area contributed by atoms with Gasteiger partial charge in [-0.25, -0.2) is 4.79 Å². The molecule has 0 aliphatic rings. The van der Waals surface area contributed by atoms with Crippen molar-refractivity contribution in [3.8, 4) is 0 Å². The maximum absolute atomic E-state index is 11.8. The van der Waals surface area contributed by atoms with Crippen molar-refractivity contribution in [1.82, 2.24) is 0 Å². The topological polar surface area (TPSA) is 58.6 Å². The zero-order chi connectivity index (χ0) is 15.5. The standard InChI is InChI=1S/C17H25NO3/c1-3-5-6-7-8-16(4-2)21-17(20)18-15-11-9-14(13-19)10-12-15/h4,9-12,16,19H,2-3,5-8,13H2,1H3,(H,18,20). The van der Waals surface area contributed by atoms with Gasteiger partial charge in [0.1, 0.15) is 6.10 Å². The Bertz CT molecular complexity index is 428. The molecule has 0 aliphatic heterocycles. The Morgan fingerprint density at radius 3 is 2.62 bits per heavy atom. The average molecular weight is 291 g/mol. The Morgan fingerprint density at radius 2 is 2.05 bits per heavy atom. The molecule has 1 atom stereocenters. The third-order valence-corrected chi connectivity index (χ3v) is 3.25. The number of rotatable bonds is 9. The Hall–Kier alpha value is -1.81. The van der Waals surface area contributed by atoms with E-state index in [1.165, 1.54) is 12.8 Å². The van der Waals surface area contributed by atoms with E-state index < -0.39 is 6.09 Å². The Balaban J connectivity index is 2.37. The van der Waals surface area contributed by atoms with Gasteiger partial charge in [0.15, 0.2) is 0 Å². The summed E-state index contributed by atoms with van der Waals surface area (Å²) >= 11 is 0. The molecule has 0 heterocycles. The third kappa shape index (κ3) is 6.95. The smallest absolute Gasteiger partial charge is 0.412 e. The molecule has 0 bridgehead atoms. The van der Waals surface area contributed by atoms with Gasteiger partial charge in [-0.3, -0.25) is 5.32 Å². The third-order valence-electron chi connectivity index (χ3n) is 3.25. The number of aliphatic hydroxyl groups excluding tert-OH is 1. The number of unbranched alkanes of at least 4 members (excludes halogenated alkanes) is 3. The van der Waals surface area contributed by atoms with E-state index in [2.05, 4.69) is 18.8 Å². The summed E-state index contributed by atoms with van der Waals surface area (Å²) in [7, 11) is 0. The fraction of sp³-hybridized carbons (Fsp3) is 0.471. The normalized spacial score (nSPS) is 11.7. The molecule has 0 saturated carbocycles. The SMILES string of the molecule is C=CC(CCCCCC)OC(=O)Nc1ccc(CO)cc1. The summed E-state index contributed by atoms with van der Waals surface area (Å²) in [4.78, 5) is 11.8. The molecule has 1 amide bonds. The highest BCUT2D eigenvalue weighted by Gasteiger charge is 2.10. The number of anilines is 1. The van der Waals surface area contributed by atoms with Gasteiger partial charge in [-0.1, -0.05) is 51.0 Å². The lowest BCUT2D eigenvalue weighted by Crippen LogP contribution is -2.20. The van der Waals surface area contributed by atoms with Gasteiger partial charge in [0.25, 0.3) is 0 Å². The van der Waals surface area contributed by atoms with E-state index in [1.807, 2.05) is 0 Å². The first-order valence-corrected chi connectivity index (χ1v) is 7.49. The number of nitrogens with one attached hydrogen (secondary N) is 1. The first kappa shape index (κ1) is 17.2. The monoisotopic (exact) mass is 291 g/mol. The predicted molar refractivity (Wildman–Crippen MR) is 85.2 cm³/mol. The van der Waals surface area contributed by atoms with E-state index in [0.29, 0.717) is 5.69 Å². The molecule has 1 rings (SSSR count). The van der Waals surface area contributed by atoms with Crippen LogP contribution in [0.25, 0.3) is 0 Å². The molecule has 2 N–H and O–H groups in total. The number of carbonyl (C=O) groups excluding carboxylic acids is 1. The van der Waals surface area contributed by atoms with E-state index >= 15 is 0 Å². The van der Waals surface area contributed by atoms with Crippen LogP contribution < -0.4 is 5.32 Å². The molecule has 0 aromatic heterocycles. The van der Waals surface area contributed by atoms with Crippen molar-refractivity contribution in [2.75, 3.05) is 5.32 Å². The second kappa shape index (κ2) is 10.00. The summed E-state index contributed by atoms with van der Waals surface area (Å²) in [6.07, 6.45) is 6.31. The number of ether oxygens (including phenoxy) is 1. The van der Waals surface area contributed by atoms with Gasteiger partial charge in [-0.05, 0) is 30.5 Å². The minimum absolute atomic E-state index is 0.0129. The number of aliphatic hydroxyl groups is 1. The number of hydrogen-bond donors (Lipinski definition) is 2. The summed E-state index contributed by atoms with van der Waals surface area (Å²) in [5.41, 5.74) is 1.44. The highest BCUT2D eigenvalue weighted by atomic mass is 16.6. The van der Waals surface area contributed by atoms with E-state index in [4.69, 9.17) is 9.84 Å². The number of benzene rings is 1. The molecule has 0 aliphatic carbocycles. The van der Waals surface area contributed by atoms with Crippen LogP contribution in [0.15, 0.2) is 36.9 Å². The van der Waals surface area contributed by atoms with Gasteiger partial charge in [-0.15, -0.1) is 0 Å². The highest BCUT2D eigenvalue weighted by molar-refractivity contribution is 5.84. The van der Waals surface area contributed by atoms with Crippen LogP contribution in [0.2, 0.25) is 0 Å². The second-order valence-electron chi connectivity index (χ2n) is 5.01. The predicted octanol–water partition coefficient (Wildman–Crippen LogP) is 4.25. The lowest BCUT2D eigenvalue weighted by Gasteiger charge is -2.14. The van der Waals surface area contributed by atoms with Crippen LogP contribution in [-0.4, -0.2) is 17.3 Å². The van der Waals surface area contributed by atoms with E-state index in [9.17, 15) is 4.79 Å². The van der Waals surface area contributed by atoms with Crippen LogP contribution in [0.3, 0.4) is 0 Å². The van der Waals surface area contributed by atoms with Crippen molar-refractivity contribution in [3.05, 3.63) is 42.5 Å². The first-order valence-electron chi connectivity index (χ1n) is 7.49. The average Bonchev–Trinajstić information content (AvgIpc) is 2.51. The van der Waals surface area contributed by atoms with Gasteiger partial charge in [0.05, 0.1) is 6.61 Å². The molecule has 1 unspecified atom stereocenters. The zero-order valence-electron chi connectivity index (χ0n) is 12.7. The van der Waals surface area contributed by atoms with Crippen molar-refractivity contribution < 1.29 is 14.6 Å². The molecule has 116 valence electrons. The van der Waals surface area contributed by atoms with E-state index in [1.54, 1.807) is 30.3 Å². The lowest BCUT2D eigenvalue weighted by molar-refractivity contribution is 0.128. The summed E-state index contributed by atoms with van der Waals surface area (Å²) in [6, 6.07) is 6.98. The van der Waals surface area contributed by atoms with Crippen LogP contribution in [-0.2, 0) is 11.3 Å². The molecule has 4 heteroatoms. The van der Waals surface area contributed by atoms with Crippen LogP contribution in [0.1, 0.15) is 44.6 Å². The molecule has 0 radical (unpaired) electrons. The van der Waals surface area contributed by atoms with Gasteiger partial charge in [-0.2, -0.15) is 0 Å². The molecule has 21 heavy (non-hydrogen) atoms. The maximum atomic E-state index is 11.8. The van der Waals surface area contributed by atoms with Gasteiger partial charge >= 0.3 is 6.09 Å². The summed E-state index contributed by atoms with van der Waals surface area (Å²) in [6.45, 7) is 5.86. The van der Waals surface area contributed by atoms with Gasteiger partial charge < -0.3 is 9.84 Å². The summed E-state index contributed by atoms with van der Waals surface area (Å²) in [5, 5.41) is 11.6. The zero-order valence-corrected chi connectivity index (χ0v) is 12.7. The maximum Gasteiger partial charge on any atom is 0.412 e. The van der Waals surface area contributed by atoms with E-state index in [-0.39, 0.29) is 12.7 Å². The Labute approximate surface area is 126 Å². The van der Waals surface area contributed by atoms with Crippen molar-refractivity contribution in [1.29, 1.82) is 0 Å². The summed E-state index contributed by atoms with van der Waals surface area (Å²) in [5.74, 6) is 0. The van der Waals surface area contributed by atoms with Crippen LogP contribution in [0, 0.1) is 0 Å². The van der Waals surface area contributed by atoms with Crippen molar-refractivity contribution in [2.24, 2.45) is 0 Å². The molecule has 4 nitrogen and oxygen atoms in total. The molecule has 0 spiro atoms. The van der Waals surface area contributed by atoms with Crippen molar-refractivity contribution >= 4 is 11.8 Å². The number of amides is 1. The first-order chi connectivity index (χ1) is 10.2. The molecular weight excluding hydrogens is 266 g/mol. The highest BCUT2D eigenvalue weighted by Crippen LogP contribution is 2.13. The largest absolute Gasteiger partial charge is 0.442 e. The molecule has 0 saturated heterocycles. The Morgan fingerprint density at radius 1 is 1.33 bits per heavy atom. The minimum atomic E-state index is -0.480. The lowest BCUT2D eigenvalue weighted by atomic mass is 10.1. The Kier molecular flexibility index (Phi) is 8.21. The van der Waals surface area contributed by atoms with Crippen LogP contribution >= 0.6 is 0 Å². The molecule has 1 aromatic rings. The van der Waals surface area contributed by atoms with E-state index in [0.717, 1.165) is 24.8 Å². The minimum Gasteiger partial charge on any atom is -0.442 e. The van der Waals surface area contributed by atoms with Crippen molar-refractivity contribution in [2.45, 2.75) is 51.7 Å². The second-order valence-corrected chi connectivity index (χ2v) is 5.01. The van der Waals surface area contributed by atoms with Crippen LogP contribution in [0.5, 0.6) is 0 Å². The quantitative estimate of drug-likeness (QED) is 0.528. The molecule has 0 fully saturated rings. The number of hydrogen-bond acceptors (Lipinski definition) is 3.